The van der Waals surface area contributed by atoms with Gasteiger partial charge in [-0.15, -0.1) is 0 Å². The lowest BCUT2D eigenvalue weighted by Crippen LogP contribution is -1.91. The molecule has 64 valence electrons. The highest BCUT2D eigenvalue weighted by molar-refractivity contribution is 5.23. The van der Waals surface area contributed by atoms with Crippen LogP contribution in [0.4, 0.5) is 0 Å². The summed E-state index contributed by atoms with van der Waals surface area (Å²) in [5.41, 5.74) is 1.71. The highest BCUT2D eigenvalue weighted by Crippen LogP contribution is 2.30. The van der Waals surface area contributed by atoms with Crippen LogP contribution < -0.4 is 0 Å². The SMILES string of the molecule is CCCCCCC(C)C1=CC1. The highest BCUT2D eigenvalue weighted by Gasteiger charge is 2.14. The molecule has 0 amide bonds. The Labute approximate surface area is 70.7 Å². The molecule has 0 N–H and O–H groups in total. The van der Waals surface area contributed by atoms with Crippen molar-refractivity contribution in [2.24, 2.45) is 5.92 Å². The fourth-order valence-electron chi connectivity index (χ4n) is 1.52. The van der Waals surface area contributed by atoms with Crippen molar-refractivity contribution in [2.45, 2.75) is 52.4 Å². The summed E-state index contributed by atoms with van der Waals surface area (Å²) < 4.78 is 0. The van der Waals surface area contributed by atoms with Gasteiger partial charge in [0.25, 0.3) is 0 Å². The third kappa shape index (κ3) is 3.60. The second-order valence-electron chi connectivity index (χ2n) is 3.73. The Kier molecular flexibility index (Phi) is 3.68. The molecule has 0 heterocycles. The van der Waals surface area contributed by atoms with E-state index < -0.39 is 0 Å². The molecule has 0 spiro atoms. The Bertz CT molecular complexity index is 133. The molecule has 0 aliphatic heterocycles. The molecule has 0 heteroatoms. The molecule has 0 aromatic carbocycles. The maximum Gasteiger partial charge on any atom is -0.0133 e. The number of unbranched alkanes of at least 4 members (excludes halogenated alkanes) is 3. The fourth-order valence-corrected chi connectivity index (χ4v) is 1.52. The quantitative estimate of drug-likeness (QED) is 0.399. The van der Waals surface area contributed by atoms with Crippen molar-refractivity contribution in [3.63, 3.8) is 0 Å². The van der Waals surface area contributed by atoms with E-state index in [2.05, 4.69) is 19.9 Å². The highest BCUT2D eigenvalue weighted by atomic mass is 14.2. The average molecular weight is 152 g/mol. The maximum absolute atomic E-state index is 2.37. The summed E-state index contributed by atoms with van der Waals surface area (Å²) in [6, 6.07) is 0. The van der Waals surface area contributed by atoms with Crippen LogP contribution in [0.15, 0.2) is 11.6 Å². The fraction of sp³-hybridized carbons (Fsp3) is 0.818. The largest absolute Gasteiger partial charge is 0.0807 e. The van der Waals surface area contributed by atoms with Gasteiger partial charge in [0.15, 0.2) is 0 Å². The van der Waals surface area contributed by atoms with Crippen molar-refractivity contribution in [2.75, 3.05) is 0 Å². The van der Waals surface area contributed by atoms with Crippen LogP contribution in [0.3, 0.4) is 0 Å². The van der Waals surface area contributed by atoms with Crippen LogP contribution in [0, 0.1) is 5.92 Å². The average Bonchev–Trinajstić information content (AvgIpc) is 2.79. The van der Waals surface area contributed by atoms with E-state index >= 15 is 0 Å². The Hall–Kier alpha value is -0.260. The van der Waals surface area contributed by atoms with E-state index in [1.165, 1.54) is 38.5 Å². The minimum absolute atomic E-state index is 0.895. The van der Waals surface area contributed by atoms with Crippen molar-refractivity contribution in [3.05, 3.63) is 11.6 Å². The predicted molar refractivity (Wildman–Crippen MR) is 50.6 cm³/mol. The lowest BCUT2D eigenvalue weighted by Gasteiger charge is -2.05. The number of hydrogen-bond donors (Lipinski definition) is 0. The van der Waals surface area contributed by atoms with E-state index in [0.717, 1.165) is 5.92 Å². The van der Waals surface area contributed by atoms with Gasteiger partial charge in [0.1, 0.15) is 0 Å². The maximum atomic E-state index is 2.37. The van der Waals surface area contributed by atoms with E-state index in [1.807, 2.05) is 0 Å². The third-order valence-electron chi connectivity index (χ3n) is 2.56. The molecular weight excluding hydrogens is 132 g/mol. The summed E-state index contributed by atoms with van der Waals surface area (Å²) in [5, 5.41) is 0. The smallest absolute Gasteiger partial charge is 0.0133 e. The minimum atomic E-state index is 0.895. The third-order valence-corrected chi connectivity index (χ3v) is 2.56. The van der Waals surface area contributed by atoms with Crippen LogP contribution >= 0.6 is 0 Å². The first-order valence-electron chi connectivity index (χ1n) is 5.03. The van der Waals surface area contributed by atoms with Gasteiger partial charge in [-0.25, -0.2) is 0 Å². The van der Waals surface area contributed by atoms with Gasteiger partial charge in [-0.05, 0) is 18.8 Å². The number of allylic oxidation sites excluding steroid dienone is 2. The molecule has 0 nitrogen and oxygen atoms in total. The molecule has 0 saturated carbocycles. The van der Waals surface area contributed by atoms with Crippen LogP contribution in [-0.2, 0) is 0 Å². The molecule has 1 aliphatic carbocycles. The molecule has 0 aromatic heterocycles. The molecule has 0 aromatic rings. The van der Waals surface area contributed by atoms with Crippen LogP contribution in [0.25, 0.3) is 0 Å². The van der Waals surface area contributed by atoms with Crippen LogP contribution in [-0.4, -0.2) is 0 Å². The first-order chi connectivity index (χ1) is 5.34. The lowest BCUT2D eigenvalue weighted by molar-refractivity contribution is 0.550. The summed E-state index contributed by atoms with van der Waals surface area (Å²) in [5.74, 6) is 0.895. The molecule has 0 radical (unpaired) electrons. The molecule has 0 saturated heterocycles. The van der Waals surface area contributed by atoms with Gasteiger partial charge < -0.3 is 0 Å². The molecule has 1 aliphatic rings. The predicted octanol–water partition coefficient (Wildman–Crippen LogP) is 3.92. The number of rotatable bonds is 6. The van der Waals surface area contributed by atoms with E-state index in [4.69, 9.17) is 0 Å². The Balaban J connectivity index is 1.89. The minimum Gasteiger partial charge on any atom is -0.0807 e. The van der Waals surface area contributed by atoms with Gasteiger partial charge in [-0.3, -0.25) is 0 Å². The van der Waals surface area contributed by atoms with E-state index in [-0.39, 0.29) is 0 Å². The van der Waals surface area contributed by atoms with Crippen molar-refractivity contribution in [3.8, 4) is 0 Å². The van der Waals surface area contributed by atoms with Crippen LogP contribution in [0.2, 0.25) is 0 Å². The van der Waals surface area contributed by atoms with E-state index in [0.29, 0.717) is 0 Å². The molecule has 1 unspecified atom stereocenters. The molecule has 1 atom stereocenters. The second-order valence-corrected chi connectivity index (χ2v) is 3.73. The standard InChI is InChI=1S/C11H20/c1-3-4-5-6-7-10(2)11-8-9-11/h8,10H,3-7,9H2,1-2H3. The van der Waals surface area contributed by atoms with Gasteiger partial charge in [0.2, 0.25) is 0 Å². The first kappa shape index (κ1) is 8.83. The zero-order chi connectivity index (χ0) is 8.10. The molecular formula is C11H20. The molecule has 11 heavy (non-hydrogen) atoms. The van der Waals surface area contributed by atoms with E-state index in [1.54, 1.807) is 5.57 Å². The summed E-state index contributed by atoms with van der Waals surface area (Å²) in [6.45, 7) is 4.64. The van der Waals surface area contributed by atoms with Crippen molar-refractivity contribution in [1.29, 1.82) is 0 Å². The lowest BCUT2D eigenvalue weighted by atomic mass is 10.0. The van der Waals surface area contributed by atoms with Gasteiger partial charge in [0.05, 0.1) is 0 Å². The molecule has 1 rings (SSSR count). The van der Waals surface area contributed by atoms with Crippen molar-refractivity contribution >= 4 is 0 Å². The normalized spacial score (nSPS) is 17.8. The Morgan fingerprint density at radius 3 is 2.64 bits per heavy atom. The van der Waals surface area contributed by atoms with Gasteiger partial charge in [0, 0.05) is 0 Å². The Morgan fingerprint density at radius 1 is 1.36 bits per heavy atom. The first-order valence-corrected chi connectivity index (χ1v) is 5.03. The van der Waals surface area contributed by atoms with Crippen LogP contribution in [0.5, 0.6) is 0 Å². The monoisotopic (exact) mass is 152 g/mol. The van der Waals surface area contributed by atoms with Gasteiger partial charge in [-0.1, -0.05) is 51.2 Å². The van der Waals surface area contributed by atoms with Crippen molar-refractivity contribution < 1.29 is 0 Å². The van der Waals surface area contributed by atoms with Gasteiger partial charge >= 0.3 is 0 Å². The molecule has 0 fully saturated rings. The Morgan fingerprint density at radius 2 is 2.09 bits per heavy atom. The second kappa shape index (κ2) is 4.58. The topological polar surface area (TPSA) is 0 Å². The summed E-state index contributed by atoms with van der Waals surface area (Å²) in [7, 11) is 0. The van der Waals surface area contributed by atoms with E-state index in [9.17, 15) is 0 Å². The zero-order valence-corrected chi connectivity index (χ0v) is 7.90. The summed E-state index contributed by atoms with van der Waals surface area (Å²) >= 11 is 0. The zero-order valence-electron chi connectivity index (χ0n) is 7.90. The van der Waals surface area contributed by atoms with Gasteiger partial charge in [-0.2, -0.15) is 0 Å². The van der Waals surface area contributed by atoms with Crippen molar-refractivity contribution in [1.82, 2.24) is 0 Å². The number of hydrogen-bond acceptors (Lipinski definition) is 0. The summed E-state index contributed by atoms with van der Waals surface area (Å²) in [4.78, 5) is 0. The van der Waals surface area contributed by atoms with Crippen LogP contribution in [0.1, 0.15) is 52.4 Å². The molecule has 0 bridgehead atoms. The summed E-state index contributed by atoms with van der Waals surface area (Å²) in [6.07, 6.45) is 10.8.